The normalized spacial score (nSPS) is 11.7. The summed E-state index contributed by atoms with van der Waals surface area (Å²) >= 11 is 0. The number of nitrogens with one attached hydrogen (secondary N) is 2. The van der Waals surface area contributed by atoms with E-state index in [1.807, 2.05) is 12.1 Å². The van der Waals surface area contributed by atoms with Gasteiger partial charge in [-0.05, 0) is 50.9 Å². The van der Waals surface area contributed by atoms with E-state index in [-0.39, 0.29) is 0 Å². The molecule has 0 aromatic heterocycles. The minimum Gasteiger partial charge on any atom is -0.497 e. The molecule has 26 heavy (non-hydrogen) atoms. The highest BCUT2D eigenvalue weighted by Crippen LogP contribution is 2.12. The van der Waals surface area contributed by atoms with Gasteiger partial charge in [0.2, 0.25) is 0 Å². The van der Waals surface area contributed by atoms with Crippen molar-refractivity contribution in [2.75, 3.05) is 60.6 Å². The molecule has 0 saturated carbocycles. The molecule has 0 heterocycles. The Labute approximate surface area is 159 Å². The third kappa shape index (κ3) is 10.3. The van der Waals surface area contributed by atoms with E-state index in [1.165, 1.54) is 5.56 Å². The summed E-state index contributed by atoms with van der Waals surface area (Å²) in [7, 11) is 5.57. The molecule has 0 saturated heterocycles. The summed E-state index contributed by atoms with van der Waals surface area (Å²) in [6, 6.07) is 8.25. The molecule has 148 valence electrons. The van der Waals surface area contributed by atoms with Crippen LogP contribution in [0.2, 0.25) is 0 Å². The molecule has 1 rings (SSSR count). The number of ether oxygens (including phenoxy) is 2. The summed E-state index contributed by atoms with van der Waals surface area (Å²) in [5.41, 5.74) is 1.32. The lowest BCUT2D eigenvalue weighted by Crippen LogP contribution is -2.41. The second kappa shape index (κ2) is 14.4. The molecular formula is C20H36N4O2. The third-order valence-electron chi connectivity index (χ3n) is 4.07. The number of benzene rings is 1. The van der Waals surface area contributed by atoms with Gasteiger partial charge in [0.05, 0.1) is 7.11 Å². The van der Waals surface area contributed by atoms with Crippen LogP contribution in [0, 0.1) is 0 Å². The van der Waals surface area contributed by atoms with Crippen molar-refractivity contribution in [1.82, 2.24) is 15.5 Å². The monoisotopic (exact) mass is 364 g/mol. The zero-order chi connectivity index (χ0) is 19.0. The van der Waals surface area contributed by atoms with Crippen LogP contribution in [0.4, 0.5) is 0 Å². The van der Waals surface area contributed by atoms with Gasteiger partial charge in [-0.1, -0.05) is 12.1 Å². The highest BCUT2D eigenvalue weighted by Gasteiger charge is 2.01. The first-order chi connectivity index (χ1) is 12.7. The molecule has 0 atom stereocenters. The van der Waals surface area contributed by atoms with Crippen molar-refractivity contribution in [3.63, 3.8) is 0 Å². The Hall–Kier alpha value is -1.79. The summed E-state index contributed by atoms with van der Waals surface area (Å²) in [5, 5.41) is 6.71. The molecule has 0 aliphatic carbocycles. The number of methoxy groups -OCH3 is 2. The van der Waals surface area contributed by atoms with Crippen molar-refractivity contribution < 1.29 is 9.47 Å². The number of hydrogen-bond donors (Lipinski definition) is 2. The van der Waals surface area contributed by atoms with Gasteiger partial charge in [-0.2, -0.15) is 0 Å². The molecule has 1 aromatic rings. The van der Waals surface area contributed by atoms with E-state index in [9.17, 15) is 0 Å². The highest BCUT2D eigenvalue weighted by molar-refractivity contribution is 5.79. The van der Waals surface area contributed by atoms with E-state index in [4.69, 9.17) is 9.47 Å². The predicted molar refractivity (Wildman–Crippen MR) is 109 cm³/mol. The van der Waals surface area contributed by atoms with Crippen LogP contribution in [0.5, 0.6) is 5.75 Å². The van der Waals surface area contributed by atoms with Crippen LogP contribution in [-0.4, -0.2) is 71.5 Å². The first-order valence-electron chi connectivity index (χ1n) is 9.52. The fraction of sp³-hybridized carbons (Fsp3) is 0.650. The van der Waals surface area contributed by atoms with E-state index < -0.39 is 0 Å². The molecule has 0 bridgehead atoms. The third-order valence-corrected chi connectivity index (χ3v) is 4.07. The Morgan fingerprint density at radius 1 is 1.08 bits per heavy atom. The molecule has 2 N–H and O–H groups in total. The zero-order valence-corrected chi connectivity index (χ0v) is 16.9. The molecule has 1 aromatic carbocycles. The topological polar surface area (TPSA) is 58.1 Å². The van der Waals surface area contributed by atoms with Gasteiger partial charge >= 0.3 is 0 Å². The molecular weight excluding hydrogens is 328 g/mol. The molecule has 0 aliphatic rings. The summed E-state index contributed by atoms with van der Waals surface area (Å²) in [6.45, 7) is 7.50. The van der Waals surface area contributed by atoms with Gasteiger partial charge in [0.25, 0.3) is 0 Å². The summed E-state index contributed by atoms with van der Waals surface area (Å²) in [4.78, 5) is 6.97. The molecule has 0 amide bonds. The Morgan fingerprint density at radius 3 is 2.50 bits per heavy atom. The van der Waals surface area contributed by atoms with Crippen molar-refractivity contribution in [2.24, 2.45) is 4.99 Å². The number of aryl methyl sites for hydroxylation is 1. The first-order valence-corrected chi connectivity index (χ1v) is 9.52. The van der Waals surface area contributed by atoms with E-state index in [0.717, 1.165) is 70.3 Å². The summed E-state index contributed by atoms with van der Waals surface area (Å²) < 4.78 is 10.3. The maximum absolute atomic E-state index is 5.19. The SMILES string of the molecule is CCNC(=NCCCc1ccc(OC)cc1)NCCN(C)CCCOC. The number of likely N-dealkylation sites (N-methyl/N-ethyl adjacent to an activating group) is 1. The van der Waals surface area contributed by atoms with Crippen molar-refractivity contribution in [3.05, 3.63) is 29.8 Å². The molecule has 0 fully saturated rings. The number of hydrogen-bond acceptors (Lipinski definition) is 4. The van der Waals surface area contributed by atoms with E-state index in [1.54, 1.807) is 14.2 Å². The lowest BCUT2D eigenvalue weighted by molar-refractivity contribution is 0.180. The van der Waals surface area contributed by atoms with Crippen molar-refractivity contribution in [1.29, 1.82) is 0 Å². The summed E-state index contributed by atoms with van der Waals surface area (Å²) in [6.07, 6.45) is 3.11. The van der Waals surface area contributed by atoms with Gasteiger partial charge in [-0.15, -0.1) is 0 Å². The molecule has 0 aliphatic heterocycles. The Morgan fingerprint density at radius 2 is 1.85 bits per heavy atom. The lowest BCUT2D eigenvalue weighted by atomic mass is 10.1. The maximum Gasteiger partial charge on any atom is 0.191 e. The highest BCUT2D eigenvalue weighted by atomic mass is 16.5. The van der Waals surface area contributed by atoms with Gasteiger partial charge < -0.3 is 25.0 Å². The van der Waals surface area contributed by atoms with Crippen LogP contribution < -0.4 is 15.4 Å². The minimum atomic E-state index is 0.811. The first kappa shape index (κ1) is 22.3. The number of aliphatic imine (C=N–C) groups is 1. The fourth-order valence-corrected chi connectivity index (χ4v) is 2.56. The lowest BCUT2D eigenvalue weighted by Gasteiger charge is -2.18. The van der Waals surface area contributed by atoms with Crippen molar-refractivity contribution in [3.8, 4) is 5.75 Å². The van der Waals surface area contributed by atoms with Crippen LogP contribution in [0.15, 0.2) is 29.3 Å². The van der Waals surface area contributed by atoms with Crippen LogP contribution in [0.25, 0.3) is 0 Å². The molecule has 0 spiro atoms. The quantitative estimate of drug-likeness (QED) is 0.319. The standard InChI is InChI=1S/C20H36N4O2/c1-5-21-20(23-14-16-24(2)15-7-17-25-3)22-13-6-8-18-9-11-19(26-4)12-10-18/h9-12H,5-8,13-17H2,1-4H3,(H2,21,22,23). The molecule has 0 unspecified atom stereocenters. The van der Waals surface area contributed by atoms with Crippen molar-refractivity contribution >= 4 is 5.96 Å². The average molecular weight is 365 g/mol. The van der Waals surface area contributed by atoms with Crippen LogP contribution in [0.3, 0.4) is 0 Å². The second-order valence-electron chi connectivity index (χ2n) is 6.29. The average Bonchev–Trinajstić information content (AvgIpc) is 2.66. The van der Waals surface area contributed by atoms with Gasteiger partial charge in [0, 0.05) is 46.4 Å². The smallest absolute Gasteiger partial charge is 0.191 e. The Kier molecular flexibility index (Phi) is 12.3. The Balaban J connectivity index is 2.26. The van der Waals surface area contributed by atoms with E-state index in [2.05, 4.69) is 46.6 Å². The van der Waals surface area contributed by atoms with Crippen molar-refractivity contribution in [2.45, 2.75) is 26.2 Å². The number of rotatable bonds is 13. The second-order valence-corrected chi connectivity index (χ2v) is 6.29. The maximum atomic E-state index is 5.19. The predicted octanol–water partition coefficient (Wildman–Crippen LogP) is 2.15. The van der Waals surface area contributed by atoms with E-state index in [0.29, 0.717) is 0 Å². The molecule has 6 heteroatoms. The van der Waals surface area contributed by atoms with Gasteiger partial charge in [0.15, 0.2) is 5.96 Å². The van der Waals surface area contributed by atoms with E-state index >= 15 is 0 Å². The zero-order valence-electron chi connectivity index (χ0n) is 16.9. The van der Waals surface area contributed by atoms with Crippen LogP contribution in [0.1, 0.15) is 25.3 Å². The number of guanidine groups is 1. The van der Waals surface area contributed by atoms with Crippen LogP contribution in [-0.2, 0) is 11.2 Å². The Bertz CT molecular complexity index is 491. The molecule has 6 nitrogen and oxygen atoms in total. The summed E-state index contributed by atoms with van der Waals surface area (Å²) in [5.74, 6) is 1.80. The largest absolute Gasteiger partial charge is 0.497 e. The minimum absolute atomic E-state index is 0.811. The van der Waals surface area contributed by atoms with Crippen LogP contribution >= 0.6 is 0 Å². The van der Waals surface area contributed by atoms with Gasteiger partial charge in [-0.25, -0.2) is 0 Å². The van der Waals surface area contributed by atoms with Gasteiger partial charge in [-0.3, -0.25) is 4.99 Å². The van der Waals surface area contributed by atoms with Gasteiger partial charge in [0.1, 0.15) is 5.75 Å². The number of nitrogens with zero attached hydrogens (tertiary/aromatic N) is 2. The fourth-order valence-electron chi connectivity index (χ4n) is 2.56. The molecule has 0 radical (unpaired) electrons.